The molecule has 0 spiro atoms. The molecule has 134 valence electrons. The van der Waals surface area contributed by atoms with Gasteiger partial charge in [0.1, 0.15) is 6.54 Å². The fourth-order valence-corrected chi connectivity index (χ4v) is 5.44. The van der Waals surface area contributed by atoms with Crippen molar-refractivity contribution >= 4 is 46.6 Å². The van der Waals surface area contributed by atoms with Crippen LogP contribution in [-0.4, -0.2) is 29.2 Å². The molecule has 0 radical (unpaired) electrons. The van der Waals surface area contributed by atoms with E-state index in [1.807, 2.05) is 0 Å². The van der Waals surface area contributed by atoms with Gasteiger partial charge in [-0.3, -0.25) is 19.3 Å². The fraction of sp³-hybridized carbons (Fsp3) is 0.421. The number of halogens is 2. The van der Waals surface area contributed by atoms with Crippen LogP contribution < -0.4 is 5.32 Å². The Morgan fingerprint density at radius 3 is 2.31 bits per heavy atom. The average molecular weight is 391 g/mol. The van der Waals surface area contributed by atoms with Gasteiger partial charge in [0.2, 0.25) is 17.7 Å². The SMILES string of the molecule is O=C(CN1C(=O)C2C3C=CC(C4CC34)C2C1=O)Nc1cc(Cl)ccc1Cl. The summed E-state index contributed by atoms with van der Waals surface area (Å²) < 4.78 is 0. The van der Waals surface area contributed by atoms with Gasteiger partial charge in [-0.2, -0.15) is 0 Å². The van der Waals surface area contributed by atoms with Crippen molar-refractivity contribution in [2.45, 2.75) is 6.42 Å². The van der Waals surface area contributed by atoms with Crippen molar-refractivity contribution < 1.29 is 14.4 Å². The number of carbonyl (C=O) groups is 3. The number of imide groups is 1. The number of rotatable bonds is 3. The summed E-state index contributed by atoms with van der Waals surface area (Å²) in [5.74, 6) is -0.0606. The summed E-state index contributed by atoms with van der Waals surface area (Å²) in [5, 5.41) is 3.42. The molecular formula is C19H16Cl2N2O3. The summed E-state index contributed by atoms with van der Waals surface area (Å²) in [4.78, 5) is 39.2. The van der Waals surface area contributed by atoms with E-state index in [-0.39, 0.29) is 42.0 Å². The summed E-state index contributed by atoms with van der Waals surface area (Å²) >= 11 is 12.0. The van der Waals surface area contributed by atoms with Crippen molar-refractivity contribution in [1.82, 2.24) is 4.90 Å². The molecule has 1 heterocycles. The standard InChI is InChI=1S/C19H16Cl2N2O3/c20-8-1-4-13(21)14(5-8)22-15(24)7-23-18(25)16-9-2-3-10(12-6-11(9)12)17(16)19(23)26/h1-5,9-12,16-17H,6-7H2,(H,22,24). The van der Waals surface area contributed by atoms with Crippen LogP contribution in [0.15, 0.2) is 30.4 Å². The van der Waals surface area contributed by atoms with Crippen LogP contribution in [-0.2, 0) is 14.4 Å². The first-order chi connectivity index (χ1) is 12.5. The zero-order valence-corrected chi connectivity index (χ0v) is 15.2. The van der Waals surface area contributed by atoms with Crippen LogP contribution in [0.2, 0.25) is 10.0 Å². The van der Waals surface area contributed by atoms with Gasteiger partial charge in [-0.05, 0) is 48.3 Å². The molecule has 2 saturated carbocycles. The number of hydrogen-bond acceptors (Lipinski definition) is 3. The quantitative estimate of drug-likeness (QED) is 0.637. The molecule has 3 fully saturated rings. The predicted molar refractivity (Wildman–Crippen MR) is 96.5 cm³/mol. The van der Waals surface area contributed by atoms with Crippen LogP contribution in [0.4, 0.5) is 5.69 Å². The first kappa shape index (κ1) is 16.3. The minimum atomic E-state index is -0.458. The summed E-state index contributed by atoms with van der Waals surface area (Å²) in [6.07, 6.45) is 5.34. The van der Waals surface area contributed by atoms with Crippen molar-refractivity contribution in [2.75, 3.05) is 11.9 Å². The zero-order chi connectivity index (χ0) is 18.2. The first-order valence-electron chi connectivity index (χ1n) is 8.74. The first-order valence-corrected chi connectivity index (χ1v) is 9.50. The van der Waals surface area contributed by atoms with Crippen LogP contribution in [0.25, 0.3) is 0 Å². The van der Waals surface area contributed by atoms with Gasteiger partial charge in [-0.1, -0.05) is 35.4 Å². The second-order valence-corrected chi connectivity index (χ2v) is 8.43. The summed E-state index contributed by atoms with van der Waals surface area (Å²) in [6, 6.07) is 4.73. The molecule has 26 heavy (non-hydrogen) atoms. The highest BCUT2D eigenvalue weighted by atomic mass is 35.5. The molecule has 1 aromatic rings. The van der Waals surface area contributed by atoms with E-state index in [0.29, 0.717) is 27.6 Å². The lowest BCUT2D eigenvalue weighted by atomic mass is 9.63. The predicted octanol–water partition coefficient (Wildman–Crippen LogP) is 2.99. The lowest BCUT2D eigenvalue weighted by Gasteiger charge is -2.37. The Labute approximate surface area is 160 Å². The molecule has 6 atom stereocenters. The molecule has 4 aliphatic carbocycles. The van der Waals surface area contributed by atoms with E-state index in [1.165, 1.54) is 6.07 Å². The van der Waals surface area contributed by atoms with Crippen LogP contribution in [0.3, 0.4) is 0 Å². The number of anilines is 1. The van der Waals surface area contributed by atoms with Crippen LogP contribution in [0.1, 0.15) is 6.42 Å². The zero-order valence-electron chi connectivity index (χ0n) is 13.7. The highest BCUT2D eigenvalue weighted by molar-refractivity contribution is 6.35. The maximum Gasteiger partial charge on any atom is 0.244 e. The molecule has 5 aliphatic rings. The van der Waals surface area contributed by atoms with Crippen LogP contribution in [0, 0.1) is 35.5 Å². The molecule has 3 amide bonds. The normalized spacial score (nSPS) is 36.2. The third kappa shape index (κ3) is 2.26. The largest absolute Gasteiger partial charge is 0.323 e. The lowest BCUT2D eigenvalue weighted by Crippen LogP contribution is -2.40. The Bertz CT molecular complexity index is 848. The van der Waals surface area contributed by atoms with Crippen molar-refractivity contribution in [2.24, 2.45) is 35.5 Å². The van der Waals surface area contributed by atoms with Crippen molar-refractivity contribution in [3.8, 4) is 0 Å². The maximum absolute atomic E-state index is 12.9. The molecule has 1 N–H and O–H groups in total. The van der Waals surface area contributed by atoms with Crippen molar-refractivity contribution in [3.05, 3.63) is 40.4 Å². The molecular weight excluding hydrogens is 375 g/mol. The van der Waals surface area contributed by atoms with E-state index in [2.05, 4.69) is 17.5 Å². The Morgan fingerprint density at radius 2 is 1.69 bits per heavy atom. The van der Waals surface area contributed by atoms with Gasteiger partial charge in [0, 0.05) is 5.02 Å². The number of allylic oxidation sites excluding steroid dienone is 2. The second kappa shape index (κ2) is 5.57. The van der Waals surface area contributed by atoms with Crippen molar-refractivity contribution in [1.29, 1.82) is 0 Å². The molecule has 0 aromatic heterocycles. The summed E-state index contributed by atoms with van der Waals surface area (Å²) in [6.45, 7) is -0.289. The number of benzene rings is 1. The molecule has 1 aliphatic heterocycles. The number of carbonyl (C=O) groups excluding carboxylic acids is 3. The van der Waals surface area contributed by atoms with Crippen molar-refractivity contribution in [3.63, 3.8) is 0 Å². The van der Waals surface area contributed by atoms with Gasteiger partial charge >= 0.3 is 0 Å². The molecule has 1 saturated heterocycles. The van der Waals surface area contributed by atoms with E-state index in [1.54, 1.807) is 12.1 Å². The Kier molecular flexibility index (Phi) is 3.50. The highest BCUT2D eigenvalue weighted by Gasteiger charge is 2.67. The fourth-order valence-electron chi connectivity index (χ4n) is 5.10. The number of amides is 3. The number of hydrogen-bond donors (Lipinski definition) is 1. The Morgan fingerprint density at radius 1 is 1.08 bits per heavy atom. The van der Waals surface area contributed by atoms with E-state index in [9.17, 15) is 14.4 Å². The van der Waals surface area contributed by atoms with Gasteiger partial charge < -0.3 is 5.32 Å². The number of nitrogens with one attached hydrogen (secondary N) is 1. The monoisotopic (exact) mass is 390 g/mol. The maximum atomic E-state index is 12.9. The third-order valence-electron chi connectivity index (χ3n) is 6.26. The van der Waals surface area contributed by atoms with E-state index in [0.717, 1.165) is 11.3 Å². The van der Waals surface area contributed by atoms with Gasteiger partial charge in [0.25, 0.3) is 0 Å². The van der Waals surface area contributed by atoms with Gasteiger partial charge in [0.15, 0.2) is 0 Å². The van der Waals surface area contributed by atoms with E-state index >= 15 is 0 Å². The van der Waals surface area contributed by atoms with Gasteiger partial charge in [0.05, 0.1) is 22.5 Å². The molecule has 5 nitrogen and oxygen atoms in total. The van der Waals surface area contributed by atoms with E-state index in [4.69, 9.17) is 23.2 Å². The van der Waals surface area contributed by atoms with Gasteiger partial charge in [-0.15, -0.1) is 0 Å². The van der Waals surface area contributed by atoms with Crippen LogP contribution in [0.5, 0.6) is 0 Å². The lowest BCUT2D eigenvalue weighted by molar-refractivity contribution is -0.142. The van der Waals surface area contributed by atoms with Gasteiger partial charge in [-0.25, -0.2) is 0 Å². The Balaban J connectivity index is 1.34. The minimum Gasteiger partial charge on any atom is -0.323 e. The highest BCUT2D eigenvalue weighted by Crippen LogP contribution is 2.65. The molecule has 2 bridgehead atoms. The molecule has 1 aromatic carbocycles. The third-order valence-corrected chi connectivity index (χ3v) is 6.82. The average Bonchev–Trinajstić information content (AvgIpc) is 3.39. The number of nitrogens with zero attached hydrogens (tertiary/aromatic N) is 1. The molecule has 6 rings (SSSR count). The topological polar surface area (TPSA) is 66.5 Å². The second-order valence-electron chi connectivity index (χ2n) is 7.59. The summed E-state index contributed by atoms with van der Waals surface area (Å²) in [7, 11) is 0. The van der Waals surface area contributed by atoms with E-state index < -0.39 is 5.91 Å². The summed E-state index contributed by atoms with van der Waals surface area (Å²) in [5.41, 5.74) is 0.364. The Hall–Kier alpha value is -1.85. The van der Waals surface area contributed by atoms with Crippen LogP contribution >= 0.6 is 23.2 Å². The molecule has 6 unspecified atom stereocenters. The minimum absolute atomic E-state index is 0.155. The smallest absolute Gasteiger partial charge is 0.244 e. The number of likely N-dealkylation sites (tertiary alicyclic amines) is 1. The molecule has 7 heteroatoms.